The summed E-state index contributed by atoms with van der Waals surface area (Å²) < 4.78 is 46.8. The van der Waals surface area contributed by atoms with Crippen LogP contribution in [0, 0.1) is 5.41 Å². The predicted octanol–water partition coefficient (Wildman–Crippen LogP) is 6.33. The average Bonchev–Trinajstić information content (AvgIpc) is 3.56. The van der Waals surface area contributed by atoms with Crippen LogP contribution < -0.4 is 25.8 Å². The average molecular weight is 854 g/mol. The van der Waals surface area contributed by atoms with E-state index in [1.165, 1.54) is 10.7 Å². The molecule has 1 aliphatic carbocycles. The lowest BCUT2D eigenvalue weighted by Gasteiger charge is -2.57. The lowest BCUT2D eigenvalue weighted by molar-refractivity contribution is -0.226. The van der Waals surface area contributed by atoms with E-state index in [1.54, 1.807) is 18.0 Å². The van der Waals surface area contributed by atoms with E-state index >= 15 is 8.78 Å². The topological polar surface area (TPSA) is 126 Å². The number of rotatable bonds is 11. The second-order valence-electron chi connectivity index (χ2n) is 17.1. The van der Waals surface area contributed by atoms with E-state index in [0.717, 1.165) is 46.5 Å². The van der Waals surface area contributed by atoms with Gasteiger partial charge in [-0.15, -0.1) is 5.10 Å². The quantitative estimate of drug-likeness (QED) is 0.140. The van der Waals surface area contributed by atoms with Crippen molar-refractivity contribution in [3.05, 3.63) is 94.4 Å². The van der Waals surface area contributed by atoms with Crippen molar-refractivity contribution in [2.24, 2.45) is 5.41 Å². The van der Waals surface area contributed by atoms with Crippen molar-refractivity contribution in [1.82, 2.24) is 40.0 Å². The highest BCUT2D eigenvalue weighted by Crippen LogP contribution is 2.50. The molecular weight excluding hydrogens is 807 g/mol. The summed E-state index contributed by atoms with van der Waals surface area (Å²) in [4.78, 5) is 42.4. The summed E-state index contributed by atoms with van der Waals surface area (Å²) in [6.07, 6.45) is 5.21. The maximum atomic E-state index is 15.9. The lowest BCUT2D eigenvalue weighted by atomic mass is 9.69. The van der Waals surface area contributed by atoms with Crippen LogP contribution in [0.1, 0.15) is 46.4 Å². The van der Waals surface area contributed by atoms with Crippen molar-refractivity contribution < 1.29 is 22.8 Å². The van der Waals surface area contributed by atoms with Gasteiger partial charge in [0.2, 0.25) is 0 Å². The normalized spacial score (nSPS) is 22.0. The fourth-order valence-electron chi connectivity index (χ4n) is 9.48. The molecule has 3 saturated heterocycles. The zero-order chi connectivity index (χ0) is 42.0. The van der Waals surface area contributed by atoms with E-state index in [2.05, 4.69) is 42.9 Å². The molecule has 13 nitrogen and oxygen atoms in total. The van der Waals surface area contributed by atoms with E-state index in [9.17, 15) is 14.0 Å². The van der Waals surface area contributed by atoms with E-state index in [-0.39, 0.29) is 18.3 Å². The first-order chi connectivity index (χ1) is 29.5. The number of halogens is 4. The fourth-order valence-corrected chi connectivity index (χ4v) is 9.70. The first-order valence-corrected chi connectivity index (χ1v) is 21.4. The molecule has 61 heavy (non-hydrogen) atoms. The number of anilines is 4. The number of piperidine rings is 1. The van der Waals surface area contributed by atoms with Gasteiger partial charge in [-0.3, -0.25) is 24.5 Å². The number of hydrogen-bond acceptors (Lipinski definition) is 9. The Bertz CT molecular complexity index is 2510. The van der Waals surface area contributed by atoms with Crippen LogP contribution in [-0.2, 0) is 19.4 Å². The van der Waals surface area contributed by atoms with E-state index in [1.807, 2.05) is 47.5 Å². The van der Waals surface area contributed by atoms with Gasteiger partial charge < -0.3 is 20.9 Å². The SMILES string of the molecule is CNc1cc(N2CCc3c(-c4ccc(CN5CC6(CCN(CCc7ccc(Cl)c(N8CCCNC8=O)c7)CC6(F)F)C5)cn4)cccc32)nn2c(C(=O)N[C@@H]3C[C@@H]3F)cnc12. The zero-order valence-corrected chi connectivity index (χ0v) is 34.6. The third-order valence-electron chi connectivity index (χ3n) is 13.1. The van der Waals surface area contributed by atoms with Crippen LogP contribution in [0.4, 0.5) is 40.8 Å². The molecule has 1 spiro atoms. The Morgan fingerprint density at radius 2 is 1.80 bits per heavy atom. The number of imidazole rings is 1. The summed E-state index contributed by atoms with van der Waals surface area (Å²) in [5.74, 6) is -2.59. The molecule has 1 saturated carbocycles. The van der Waals surface area contributed by atoms with Gasteiger partial charge in [-0.1, -0.05) is 35.9 Å². The molecule has 10 rings (SSSR count). The maximum Gasteiger partial charge on any atom is 0.321 e. The number of alkyl halides is 3. The molecule has 4 fully saturated rings. The van der Waals surface area contributed by atoms with Gasteiger partial charge >= 0.3 is 6.03 Å². The number of carbonyl (C=O) groups is 2. The monoisotopic (exact) mass is 853 g/mol. The van der Waals surface area contributed by atoms with Gasteiger partial charge in [-0.25, -0.2) is 27.5 Å². The van der Waals surface area contributed by atoms with Crippen molar-refractivity contribution in [2.45, 2.75) is 56.8 Å². The molecule has 4 aliphatic heterocycles. The van der Waals surface area contributed by atoms with E-state index in [0.29, 0.717) is 99.5 Å². The van der Waals surface area contributed by atoms with Gasteiger partial charge in [0, 0.05) is 82.8 Å². The van der Waals surface area contributed by atoms with Gasteiger partial charge in [-0.05, 0) is 73.2 Å². The minimum absolute atomic E-state index is 0.171. The van der Waals surface area contributed by atoms with Gasteiger partial charge in [0.25, 0.3) is 11.8 Å². The van der Waals surface area contributed by atoms with Crippen LogP contribution in [0.3, 0.4) is 0 Å². The largest absolute Gasteiger partial charge is 0.385 e. The summed E-state index contributed by atoms with van der Waals surface area (Å²) in [6, 6.07) is 17.0. The molecule has 7 heterocycles. The molecule has 17 heteroatoms. The molecule has 2 atom stereocenters. The fraction of sp³-hybridized carbons (Fsp3) is 0.432. The highest BCUT2D eigenvalue weighted by molar-refractivity contribution is 6.33. The van der Waals surface area contributed by atoms with Crippen LogP contribution >= 0.6 is 11.6 Å². The maximum absolute atomic E-state index is 15.9. The number of amides is 3. The first kappa shape index (κ1) is 39.7. The van der Waals surface area contributed by atoms with E-state index in [4.69, 9.17) is 21.7 Å². The Balaban J connectivity index is 0.766. The second-order valence-corrected chi connectivity index (χ2v) is 17.5. The van der Waals surface area contributed by atoms with Crippen LogP contribution in [0.2, 0.25) is 5.02 Å². The van der Waals surface area contributed by atoms with Crippen LogP contribution in [0.25, 0.3) is 16.9 Å². The first-order valence-electron chi connectivity index (χ1n) is 21.0. The Morgan fingerprint density at radius 1 is 0.967 bits per heavy atom. The van der Waals surface area contributed by atoms with Crippen molar-refractivity contribution in [2.75, 3.05) is 74.5 Å². The lowest BCUT2D eigenvalue weighted by Crippen LogP contribution is -2.69. The predicted molar refractivity (Wildman–Crippen MR) is 228 cm³/mol. The Morgan fingerprint density at radius 3 is 2.56 bits per heavy atom. The smallest absolute Gasteiger partial charge is 0.321 e. The van der Waals surface area contributed by atoms with Crippen LogP contribution in [-0.4, -0.2) is 119 Å². The summed E-state index contributed by atoms with van der Waals surface area (Å²) >= 11 is 6.45. The second kappa shape index (κ2) is 15.5. The third-order valence-corrected chi connectivity index (χ3v) is 13.4. The number of likely N-dealkylation sites (tertiary alicyclic amines) is 2. The number of urea groups is 1. The summed E-state index contributed by atoms with van der Waals surface area (Å²) in [7, 11) is 1.79. The number of hydrogen-bond donors (Lipinski definition) is 3. The number of pyridine rings is 1. The molecule has 0 bridgehead atoms. The number of aromatic nitrogens is 4. The minimum atomic E-state index is -2.82. The molecular formula is C44H47ClF3N11O2. The van der Waals surface area contributed by atoms with Crippen molar-refractivity contribution >= 4 is 52.1 Å². The van der Waals surface area contributed by atoms with Gasteiger partial charge in [0.1, 0.15) is 6.17 Å². The van der Waals surface area contributed by atoms with Gasteiger partial charge in [0.05, 0.1) is 46.3 Å². The highest BCUT2D eigenvalue weighted by Gasteiger charge is 2.62. The van der Waals surface area contributed by atoms with Crippen molar-refractivity contribution in [3.8, 4) is 11.3 Å². The Labute approximate surface area is 356 Å². The minimum Gasteiger partial charge on any atom is -0.385 e. The third kappa shape index (κ3) is 7.31. The molecule has 5 aliphatic rings. The highest BCUT2D eigenvalue weighted by atomic mass is 35.5. The summed E-state index contributed by atoms with van der Waals surface area (Å²) in [5.41, 5.74) is 6.95. The molecule has 3 N–H and O–H groups in total. The number of nitrogens with zero attached hydrogens (tertiary/aromatic N) is 8. The molecule has 3 aromatic heterocycles. The van der Waals surface area contributed by atoms with Gasteiger partial charge in [-0.2, -0.15) is 0 Å². The Kier molecular flexibility index (Phi) is 10.1. The van der Waals surface area contributed by atoms with E-state index < -0.39 is 29.5 Å². The van der Waals surface area contributed by atoms with Crippen LogP contribution in [0.5, 0.6) is 0 Å². The number of nitrogens with one attached hydrogen (secondary N) is 3. The number of carbonyl (C=O) groups excluding carboxylic acids is 2. The standard InChI is InChI=1S/C44H47ClF3N11O2/c1-49-35-20-39(54-59-38(22-52-40(35)59)41(60)53-34-19-32(34)46)57-16-11-30-29(4-2-5-36(30)57)33-9-7-28(21-51-33)23-56-24-43(25-56)12-17-55(26-44(43,47)48)15-10-27-6-8-31(45)37(18-27)58-14-3-13-50-42(58)61/h2,4-9,18,20-22,32,34,49H,3,10-17,19,23-26H2,1H3,(H,50,61)(H,53,60)/t32-,34+/m0/s1. The summed E-state index contributed by atoms with van der Waals surface area (Å²) in [6.45, 7) is 3.97. The van der Waals surface area contributed by atoms with Crippen molar-refractivity contribution in [3.63, 3.8) is 0 Å². The van der Waals surface area contributed by atoms with Gasteiger partial charge in [0.15, 0.2) is 17.2 Å². The molecule has 2 aromatic carbocycles. The Hall–Kier alpha value is -5.45. The molecule has 3 amide bonds. The van der Waals surface area contributed by atoms with Crippen molar-refractivity contribution in [1.29, 1.82) is 0 Å². The molecule has 0 radical (unpaired) electrons. The van der Waals surface area contributed by atoms with Crippen LogP contribution in [0.15, 0.2) is 67.0 Å². The number of benzene rings is 2. The molecule has 0 unspecified atom stereocenters. The number of fused-ring (bicyclic) bond motifs is 2. The zero-order valence-electron chi connectivity index (χ0n) is 33.8. The molecule has 318 valence electrons. The summed E-state index contributed by atoms with van der Waals surface area (Å²) in [5, 5.41) is 14.1. The molecule has 5 aromatic rings.